The number of aromatic nitrogens is 3. The van der Waals surface area contributed by atoms with E-state index in [0.717, 1.165) is 27.8 Å². The first-order chi connectivity index (χ1) is 10.8. The van der Waals surface area contributed by atoms with E-state index in [9.17, 15) is 4.79 Å². The number of hydrogen-bond acceptors (Lipinski definition) is 4. The number of hydrogen-bond donors (Lipinski definition) is 2. The Labute approximate surface area is 135 Å². The quantitative estimate of drug-likeness (QED) is 0.652. The van der Waals surface area contributed by atoms with Crippen molar-refractivity contribution in [2.45, 2.75) is 13.8 Å². The van der Waals surface area contributed by atoms with Gasteiger partial charge in [-0.25, -0.2) is 0 Å². The smallest absolute Gasteiger partial charge is 0.274 e. The molecule has 3 rings (SSSR count). The van der Waals surface area contributed by atoms with Gasteiger partial charge in [0.1, 0.15) is 5.52 Å². The first-order valence-electron chi connectivity index (χ1n) is 6.75. The number of aromatic amines is 1. The lowest BCUT2D eigenvalue weighted by Crippen LogP contribution is -2.16. The fourth-order valence-electron chi connectivity index (χ4n) is 2.29. The molecule has 3 aromatic rings. The maximum absolute atomic E-state index is 12.0. The highest BCUT2D eigenvalue weighted by Gasteiger charge is 2.10. The number of nitrogens with one attached hydrogen (secondary N) is 1. The van der Waals surface area contributed by atoms with Gasteiger partial charge in [0.2, 0.25) is 0 Å². The summed E-state index contributed by atoms with van der Waals surface area (Å²) in [5.74, 6) is 0. The molecule has 0 spiro atoms. The van der Waals surface area contributed by atoms with Gasteiger partial charge in [0.25, 0.3) is 5.56 Å². The van der Waals surface area contributed by atoms with Crippen LogP contribution in [0.2, 0.25) is 0 Å². The van der Waals surface area contributed by atoms with Crippen LogP contribution in [0.1, 0.15) is 11.3 Å². The van der Waals surface area contributed by atoms with Crippen LogP contribution in [0.15, 0.2) is 35.5 Å². The van der Waals surface area contributed by atoms with E-state index in [1.165, 1.54) is 0 Å². The summed E-state index contributed by atoms with van der Waals surface area (Å²) in [5.41, 5.74) is 4.85. The first-order valence-corrected chi connectivity index (χ1v) is 7.89. The normalized spacial score (nSPS) is 11.9. The molecule has 3 heterocycles. The van der Waals surface area contributed by atoms with Gasteiger partial charge in [-0.1, -0.05) is 0 Å². The summed E-state index contributed by atoms with van der Waals surface area (Å²) in [6.07, 6.45) is 5.52. The minimum Gasteiger partial charge on any atom is -0.760 e. The van der Waals surface area contributed by atoms with Gasteiger partial charge in [-0.05, 0) is 31.5 Å². The van der Waals surface area contributed by atoms with Crippen molar-refractivity contribution < 1.29 is 8.76 Å². The average molecular weight is 333 g/mol. The number of nitrogens with zero attached hydrogens (tertiary/aromatic N) is 2. The zero-order chi connectivity index (χ0) is 17.1. The molecule has 122 valence electrons. The molecule has 0 radical (unpaired) electrons. The molecule has 0 amide bonds. The van der Waals surface area contributed by atoms with Crippen LogP contribution in [-0.2, 0) is 18.3 Å². The maximum Gasteiger partial charge on any atom is 0.274 e. The third-order valence-electron chi connectivity index (χ3n) is 3.55. The Balaban J connectivity index is 0.000000433. The number of nitrogens with two attached hydrogens (primary N) is 1. The van der Waals surface area contributed by atoms with E-state index in [4.69, 9.17) is 8.76 Å². The van der Waals surface area contributed by atoms with Gasteiger partial charge in [-0.2, -0.15) is 0 Å². The molecule has 3 N–H and O–H groups in total. The number of aryl methyl sites for hydroxylation is 3. The van der Waals surface area contributed by atoms with E-state index in [1.807, 2.05) is 32.3 Å². The average Bonchev–Trinajstić information content (AvgIpc) is 2.95. The third-order valence-corrected chi connectivity index (χ3v) is 3.55. The highest BCUT2D eigenvalue weighted by molar-refractivity contribution is 7.76. The second kappa shape index (κ2) is 6.86. The molecule has 1 atom stereocenters. The van der Waals surface area contributed by atoms with Gasteiger partial charge in [-0.3, -0.25) is 19.1 Å². The Kier molecular flexibility index (Phi) is 5.09. The van der Waals surface area contributed by atoms with Crippen molar-refractivity contribution in [2.75, 3.05) is 0 Å². The Bertz CT molecular complexity index is 926. The summed E-state index contributed by atoms with van der Waals surface area (Å²) in [6.45, 7) is 4.04. The van der Waals surface area contributed by atoms with Crippen molar-refractivity contribution in [3.8, 4) is 11.1 Å². The van der Waals surface area contributed by atoms with Crippen LogP contribution < -0.4 is 10.7 Å². The van der Waals surface area contributed by atoms with E-state index in [0.29, 0.717) is 5.52 Å². The van der Waals surface area contributed by atoms with E-state index in [-0.39, 0.29) is 5.56 Å². The molecule has 1 unspecified atom stereocenters. The van der Waals surface area contributed by atoms with Gasteiger partial charge < -0.3 is 14.1 Å². The van der Waals surface area contributed by atoms with Crippen molar-refractivity contribution >= 4 is 22.2 Å². The number of pyridine rings is 2. The lowest BCUT2D eigenvalue weighted by molar-refractivity contribution is 0.539. The molecule has 0 aliphatic heterocycles. The minimum atomic E-state index is -2.36. The Hall–Kier alpha value is -2.29. The summed E-state index contributed by atoms with van der Waals surface area (Å²) in [7, 11) is 1.76. The standard InChI is InChI=1S/C15H15N3O.H3NO2S/c1-9-6-11(7-17-10(9)2)13-8-18(3)15(19)14-12(13)4-5-16-14;1-4(2)3/h4-8,16H,1-3H3;1H2,(H,2,3)/p-1. The lowest BCUT2D eigenvalue weighted by Gasteiger charge is -2.08. The largest absolute Gasteiger partial charge is 0.760 e. The van der Waals surface area contributed by atoms with E-state index in [1.54, 1.807) is 17.8 Å². The fourth-order valence-corrected chi connectivity index (χ4v) is 2.29. The Morgan fingerprint density at radius 2 is 2.04 bits per heavy atom. The highest BCUT2D eigenvalue weighted by Crippen LogP contribution is 2.26. The zero-order valence-corrected chi connectivity index (χ0v) is 13.8. The molecule has 8 heteroatoms. The molecule has 0 bridgehead atoms. The summed E-state index contributed by atoms with van der Waals surface area (Å²) in [4.78, 5) is 19.4. The van der Waals surface area contributed by atoms with Crippen LogP contribution in [-0.4, -0.2) is 23.3 Å². The van der Waals surface area contributed by atoms with Gasteiger partial charge in [0.05, 0.1) is 0 Å². The Morgan fingerprint density at radius 3 is 2.65 bits per heavy atom. The summed E-state index contributed by atoms with van der Waals surface area (Å²) >= 11 is -2.36. The molecule has 0 fully saturated rings. The molecule has 0 aliphatic carbocycles. The zero-order valence-electron chi connectivity index (χ0n) is 13.0. The van der Waals surface area contributed by atoms with E-state index < -0.39 is 11.3 Å². The van der Waals surface area contributed by atoms with Crippen LogP contribution >= 0.6 is 0 Å². The van der Waals surface area contributed by atoms with Crippen molar-refractivity contribution in [3.63, 3.8) is 0 Å². The molecule has 23 heavy (non-hydrogen) atoms. The molecule has 0 aliphatic rings. The summed E-state index contributed by atoms with van der Waals surface area (Å²) in [6, 6.07) is 4.04. The predicted molar refractivity (Wildman–Crippen MR) is 89.4 cm³/mol. The lowest BCUT2D eigenvalue weighted by atomic mass is 10.0. The van der Waals surface area contributed by atoms with E-state index in [2.05, 4.69) is 21.2 Å². The SMILES string of the molecule is Cc1cc(-c2cn(C)c(=O)c3[nH]ccc23)cnc1C.NS(=O)[O-]. The first kappa shape index (κ1) is 17.1. The van der Waals surface area contributed by atoms with Crippen molar-refractivity contribution in [1.82, 2.24) is 14.5 Å². The van der Waals surface area contributed by atoms with Crippen LogP contribution in [0.5, 0.6) is 0 Å². The van der Waals surface area contributed by atoms with Gasteiger partial charge >= 0.3 is 0 Å². The molecule has 0 saturated heterocycles. The second-order valence-corrected chi connectivity index (χ2v) is 5.63. The third kappa shape index (κ3) is 3.73. The van der Waals surface area contributed by atoms with Crippen LogP contribution in [0.4, 0.5) is 0 Å². The van der Waals surface area contributed by atoms with Gasteiger partial charge in [-0.15, -0.1) is 0 Å². The molecule has 7 nitrogen and oxygen atoms in total. The minimum absolute atomic E-state index is 0.0134. The number of rotatable bonds is 1. The molecule has 3 aromatic heterocycles. The molecule has 0 aromatic carbocycles. The van der Waals surface area contributed by atoms with Gasteiger partial charge in [0, 0.05) is 59.1 Å². The molecular formula is C15H17N4O3S-. The summed E-state index contributed by atoms with van der Waals surface area (Å²) in [5, 5.41) is 4.97. The second-order valence-electron chi connectivity index (χ2n) is 5.11. The highest BCUT2D eigenvalue weighted by atomic mass is 32.2. The number of fused-ring (bicyclic) bond motifs is 1. The van der Waals surface area contributed by atoms with Crippen molar-refractivity contribution in [3.05, 3.63) is 52.3 Å². The fraction of sp³-hybridized carbons (Fsp3) is 0.200. The van der Waals surface area contributed by atoms with Crippen LogP contribution in [0.25, 0.3) is 22.0 Å². The van der Waals surface area contributed by atoms with Crippen molar-refractivity contribution in [2.24, 2.45) is 12.2 Å². The van der Waals surface area contributed by atoms with Crippen molar-refractivity contribution in [1.29, 1.82) is 0 Å². The van der Waals surface area contributed by atoms with Crippen LogP contribution in [0, 0.1) is 13.8 Å². The monoisotopic (exact) mass is 333 g/mol. The molecular weight excluding hydrogens is 316 g/mol. The predicted octanol–water partition coefficient (Wildman–Crippen LogP) is 1.28. The summed E-state index contributed by atoms with van der Waals surface area (Å²) < 4.78 is 19.2. The topological polar surface area (TPSA) is 117 Å². The number of H-pyrrole nitrogens is 1. The van der Waals surface area contributed by atoms with E-state index >= 15 is 0 Å². The maximum atomic E-state index is 12.0. The molecule has 0 saturated carbocycles. The van der Waals surface area contributed by atoms with Crippen LogP contribution in [0.3, 0.4) is 0 Å². The Morgan fingerprint density at radius 1 is 1.39 bits per heavy atom. The van der Waals surface area contributed by atoms with Gasteiger partial charge in [0.15, 0.2) is 0 Å².